The molecule has 3 aromatic rings. The van der Waals surface area contributed by atoms with Crippen molar-refractivity contribution in [2.75, 3.05) is 6.61 Å². The van der Waals surface area contributed by atoms with E-state index in [1.165, 1.54) is 19.3 Å². The smallest absolute Gasteiger partial charge is 0.252 e. The summed E-state index contributed by atoms with van der Waals surface area (Å²) >= 11 is 0. The van der Waals surface area contributed by atoms with Crippen LogP contribution in [0.3, 0.4) is 0 Å². The van der Waals surface area contributed by atoms with Crippen LogP contribution in [0.2, 0.25) is 0 Å². The maximum absolute atomic E-state index is 13.2. The number of rotatable bonds is 9. The van der Waals surface area contributed by atoms with E-state index in [-0.39, 0.29) is 17.7 Å². The zero-order valence-electron chi connectivity index (χ0n) is 21.1. The number of aromatic amines is 1. The summed E-state index contributed by atoms with van der Waals surface area (Å²) in [5.41, 5.74) is 2.83. The Balaban J connectivity index is 1.50. The first-order chi connectivity index (χ1) is 17.1. The molecule has 2 fully saturated rings. The van der Waals surface area contributed by atoms with Gasteiger partial charge in [0.05, 0.1) is 24.2 Å². The molecule has 5 rings (SSSR count). The first-order valence-electron chi connectivity index (χ1n) is 13.4. The van der Waals surface area contributed by atoms with Gasteiger partial charge in [0.1, 0.15) is 0 Å². The molecule has 8 heteroatoms. The van der Waals surface area contributed by atoms with Gasteiger partial charge in [0, 0.05) is 24.8 Å². The maximum atomic E-state index is 13.2. The summed E-state index contributed by atoms with van der Waals surface area (Å²) < 4.78 is 7.84. The molecule has 2 aromatic heterocycles. The van der Waals surface area contributed by atoms with Crippen molar-refractivity contribution in [1.82, 2.24) is 30.1 Å². The number of aromatic nitrogens is 5. The zero-order chi connectivity index (χ0) is 24.2. The molecule has 1 N–H and O–H groups in total. The van der Waals surface area contributed by atoms with Crippen molar-refractivity contribution >= 4 is 10.9 Å². The van der Waals surface area contributed by atoms with E-state index >= 15 is 0 Å². The summed E-state index contributed by atoms with van der Waals surface area (Å²) in [6.07, 6.45) is 10.3. The van der Waals surface area contributed by atoms with Crippen LogP contribution >= 0.6 is 0 Å². The third-order valence-corrected chi connectivity index (χ3v) is 7.78. The van der Waals surface area contributed by atoms with Crippen molar-refractivity contribution < 1.29 is 4.74 Å². The molecule has 0 spiro atoms. The van der Waals surface area contributed by atoms with Crippen LogP contribution in [-0.2, 0) is 17.8 Å². The van der Waals surface area contributed by atoms with E-state index in [9.17, 15) is 4.79 Å². The summed E-state index contributed by atoms with van der Waals surface area (Å²) in [7, 11) is 0. The van der Waals surface area contributed by atoms with E-state index in [1.807, 2.05) is 17.7 Å². The highest BCUT2D eigenvalue weighted by Crippen LogP contribution is 2.34. The molecule has 0 unspecified atom stereocenters. The molecule has 2 atom stereocenters. The number of nitrogens with one attached hydrogen (secondary N) is 1. The second-order valence-electron chi connectivity index (χ2n) is 10.3. The Morgan fingerprint density at radius 2 is 2.06 bits per heavy atom. The molecule has 0 radical (unpaired) electrons. The van der Waals surface area contributed by atoms with Crippen LogP contribution in [0.15, 0.2) is 29.1 Å². The number of para-hydroxylation sites is 1. The largest absolute Gasteiger partial charge is 0.376 e. The Kier molecular flexibility index (Phi) is 7.58. The number of tetrazole rings is 1. The minimum absolute atomic E-state index is 0.00167. The minimum Gasteiger partial charge on any atom is -0.376 e. The zero-order valence-corrected chi connectivity index (χ0v) is 21.1. The summed E-state index contributed by atoms with van der Waals surface area (Å²) in [5, 5.41) is 14.1. The normalized spacial score (nSPS) is 20.1. The highest BCUT2D eigenvalue weighted by molar-refractivity contribution is 5.81. The molecule has 1 aliphatic heterocycles. The van der Waals surface area contributed by atoms with Gasteiger partial charge in [-0.25, -0.2) is 4.68 Å². The van der Waals surface area contributed by atoms with Gasteiger partial charge in [-0.05, 0) is 66.5 Å². The fraction of sp³-hybridized carbons (Fsp3) is 0.630. The monoisotopic (exact) mass is 478 g/mol. The number of fused-ring (bicyclic) bond motifs is 1. The fourth-order valence-electron chi connectivity index (χ4n) is 5.93. The Morgan fingerprint density at radius 1 is 1.20 bits per heavy atom. The van der Waals surface area contributed by atoms with E-state index in [0.717, 1.165) is 73.0 Å². The third kappa shape index (κ3) is 5.33. The summed E-state index contributed by atoms with van der Waals surface area (Å²) in [6, 6.07) is 8.73. The molecule has 1 aromatic carbocycles. The molecule has 1 saturated heterocycles. The summed E-state index contributed by atoms with van der Waals surface area (Å²) in [6.45, 7) is 6.36. The van der Waals surface area contributed by atoms with Gasteiger partial charge in [-0.3, -0.25) is 9.69 Å². The van der Waals surface area contributed by atoms with Gasteiger partial charge in [-0.2, -0.15) is 0 Å². The number of H-pyrrole nitrogens is 1. The molecular formula is C27H38N6O2. The van der Waals surface area contributed by atoms with Crippen LogP contribution in [0.5, 0.6) is 0 Å². The van der Waals surface area contributed by atoms with Crippen molar-refractivity contribution in [3.05, 3.63) is 51.6 Å². The molecule has 1 aliphatic carbocycles. The van der Waals surface area contributed by atoms with Crippen LogP contribution in [0, 0.1) is 6.92 Å². The summed E-state index contributed by atoms with van der Waals surface area (Å²) in [4.78, 5) is 18.9. The van der Waals surface area contributed by atoms with E-state index in [4.69, 9.17) is 4.74 Å². The lowest BCUT2D eigenvalue weighted by Crippen LogP contribution is -2.41. The Morgan fingerprint density at radius 3 is 2.83 bits per heavy atom. The van der Waals surface area contributed by atoms with Crippen LogP contribution in [-0.4, -0.2) is 48.8 Å². The third-order valence-electron chi connectivity index (χ3n) is 7.78. The topological polar surface area (TPSA) is 88.9 Å². The molecule has 0 amide bonds. The Hall–Kier alpha value is -2.58. The highest BCUT2D eigenvalue weighted by Gasteiger charge is 2.33. The number of benzene rings is 1. The number of ether oxygens (including phenoxy) is 1. The van der Waals surface area contributed by atoms with Gasteiger partial charge >= 0.3 is 0 Å². The van der Waals surface area contributed by atoms with Crippen molar-refractivity contribution in [2.45, 2.75) is 103 Å². The van der Waals surface area contributed by atoms with Gasteiger partial charge < -0.3 is 9.72 Å². The lowest BCUT2D eigenvalue weighted by atomic mass is 9.91. The number of nitrogens with zero attached hydrogens (tertiary/aromatic N) is 5. The average Bonchev–Trinajstić information content (AvgIpc) is 3.55. The standard InChI is InChI=1S/C27H38N6O2/c1-3-9-24(26-29-30-31-33(26)18-23-14-8-15-35-23)32(22-12-5-4-6-13-22)17-21-16-20-11-7-10-19(2)25(20)28-27(21)34/h7,10-11,16,22-24H,3-6,8-9,12-15,17-18H2,1-2H3,(H,28,34)/t23-,24-/m0/s1. The number of aryl methyl sites for hydroxylation is 1. The van der Waals surface area contributed by atoms with Crippen molar-refractivity contribution in [2.24, 2.45) is 0 Å². The number of hydrogen-bond donors (Lipinski definition) is 1. The molecule has 2 aliphatic rings. The van der Waals surface area contributed by atoms with E-state index in [2.05, 4.69) is 50.5 Å². The molecule has 1 saturated carbocycles. The Labute approximate surface area is 207 Å². The number of pyridine rings is 1. The van der Waals surface area contributed by atoms with Crippen molar-refractivity contribution in [3.8, 4) is 0 Å². The molecule has 0 bridgehead atoms. The van der Waals surface area contributed by atoms with Crippen molar-refractivity contribution in [1.29, 1.82) is 0 Å². The highest BCUT2D eigenvalue weighted by atomic mass is 16.5. The lowest BCUT2D eigenvalue weighted by molar-refractivity contribution is 0.0713. The fourth-order valence-corrected chi connectivity index (χ4v) is 5.93. The van der Waals surface area contributed by atoms with Crippen LogP contribution in [0.25, 0.3) is 10.9 Å². The maximum Gasteiger partial charge on any atom is 0.252 e. The minimum atomic E-state index is 0.00167. The van der Waals surface area contributed by atoms with Gasteiger partial charge in [-0.15, -0.1) is 5.10 Å². The van der Waals surface area contributed by atoms with Crippen LogP contribution < -0.4 is 5.56 Å². The van der Waals surface area contributed by atoms with Crippen LogP contribution in [0.1, 0.15) is 87.7 Å². The first-order valence-corrected chi connectivity index (χ1v) is 13.4. The van der Waals surface area contributed by atoms with Crippen molar-refractivity contribution in [3.63, 3.8) is 0 Å². The number of hydrogen-bond acceptors (Lipinski definition) is 6. The average molecular weight is 479 g/mol. The molecular weight excluding hydrogens is 440 g/mol. The lowest BCUT2D eigenvalue weighted by Gasteiger charge is -2.39. The van der Waals surface area contributed by atoms with E-state index in [1.54, 1.807) is 0 Å². The van der Waals surface area contributed by atoms with Gasteiger partial charge in [0.25, 0.3) is 5.56 Å². The quantitative estimate of drug-likeness (QED) is 0.480. The summed E-state index contributed by atoms with van der Waals surface area (Å²) in [5.74, 6) is 0.904. The van der Waals surface area contributed by atoms with Gasteiger partial charge in [-0.1, -0.05) is 50.8 Å². The van der Waals surface area contributed by atoms with E-state index in [0.29, 0.717) is 19.1 Å². The molecule has 188 valence electrons. The molecule has 8 nitrogen and oxygen atoms in total. The van der Waals surface area contributed by atoms with Gasteiger partial charge in [0.2, 0.25) is 0 Å². The van der Waals surface area contributed by atoms with Gasteiger partial charge in [0.15, 0.2) is 5.82 Å². The van der Waals surface area contributed by atoms with E-state index < -0.39 is 0 Å². The second kappa shape index (κ2) is 11.0. The Bertz CT molecular complexity index is 1180. The van der Waals surface area contributed by atoms with Crippen LogP contribution in [0.4, 0.5) is 0 Å². The SMILES string of the molecule is CCC[C@@H](c1nnnn1C[C@@H]1CCCO1)N(Cc1cc2cccc(C)c2[nH]c1=O)C1CCCCC1. The predicted molar refractivity (Wildman–Crippen MR) is 136 cm³/mol. The molecule has 3 heterocycles. The second-order valence-corrected chi connectivity index (χ2v) is 10.3. The predicted octanol–water partition coefficient (Wildman–Crippen LogP) is 4.68. The molecule has 35 heavy (non-hydrogen) atoms. The first kappa shape index (κ1) is 24.1.